The van der Waals surface area contributed by atoms with Gasteiger partial charge in [0, 0.05) is 57.6 Å². The molecule has 0 N–H and O–H groups in total. The molecular formula is C26H34N4O2S. The Morgan fingerprint density at radius 2 is 1.91 bits per heavy atom. The van der Waals surface area contributed by atoms with Gasteiger partial charge in [0.05, 0.1) is 24.4 Å². The van der Waals surface area contributed by atoms with Crippen molar-refractivity contribution in [1.29, 1.82) is 5.26 Å². The number of thioether (sulfide) groups is 1. The maximum Gasteiger partial charge on any atom is 0.135 e. The fourth-order valence-corrected chi connectivity index (χ4v) is 5.52. The third-order valence-corrected chi connectivity index (χ3v) is 7.41. The molecule has 7 heteroatoms. The molecule has 0 aliphatic carbocycles. The van der Waals surface area contributed by atoms with E-state index in [0.717, 1.165) is 85.5 Å². The highest BCUT2D eigenvalue weighted by Crippen LogP contribution is 2.39. The molecule has 2 aliphatic rings. The van der Waals surface area contributed by atoms with Crippen molar-refractivity contribution in [2.24, 2.45) is 0 Å². The first-order chi connectivity index (χ1) is 16.0. The van der Waals surface area contributed by atoms with E-state index in [-0.39, 0.29) is 5.60 Å². The zero-order chi connectivity index (χ0) is 23.3. The number of aryl methyl sites for hydroxylation is 1. The third kappa shape index (κ3) is 5.88. The number of pyridine rings is 1. The number of nitriles is 1. The van der Waals surface area contributed by atoms with Crippen LogP contribution >= 0.6 is 11.8 Å². The predicted molar refractivity (Wildman–Crippen MR) is 133 cm³/mol. The zero-order valence-corrected chi connectivity index (χ0v) is 20.8. The summed E-state index contributed by atoms with van der Waals surface area (Å²) in [6.07, 6.45) is 1.69. The second kappa shape index (κ2) is 10.9. The first kappa shape index (κ1) is 24.0. The van der Waals surface area contributed by atoms with Gasteiger partial charge >= 0.3 is 0 Å². The van der Waals surface area contributed by atoms with Gasteiger partial charge in [-0.2, -0.15) is 5.26 Å². The van der Waals surface area contributed by atoms with E-state index in [0.29, 0.717) is 6.61 Å². The lowest BCUT2D eigenvalue weighted by atomic mass is 9.89. The van der Waals surface area contributed by atoms with E-state index in [1.807, 2.05) is 6.07 Å². The van der Waals surface area contributed by atoms with Crippen LogP contribution in [0.1, 0.15) is 36.1 Å². The van der Waals surface area contributed by atoms with Crippen molar-refractivity contribution < 1.29 is 9.47 Å². The maximum absolute atomic E-state index is 10.1. The number of ether oxygens (including phenoxy) is 2. The van der Waals surface area contributed by atoms with Crippen molar-refractivity contribution in [2.45, 2.75) is 43.9 Å². The van der Waals surface area contributed by atoms with Gasteiger partial charge in [-0.15, -0.1) is 11.8 Å². The summed E-state index contributed by atoms with van der Waals surface area (Å²) in [6, 6.07) is 13.0. The van der Waals surface area contributed by atoms with E-state index in [2.05, 4.69) is 54.0 Å². The monoisotopic (exact) mass is 466 g/mol. The lowest BCUT2D eigenvalue weighted by Crippen LogP contribution is -2.48. The number of aromatic nitrogens is 1. The number of piperazine rings is 1. The zero-order valence-electron chi connectivity index (χ0n) is 20.0. The number of rotatable bonds is 8. The summed E-state index contributed by atoms with van der Waals surface area (Å²) < 4.78 is 11.4. The molecule has 2 aromatic rings. The molecule has 0 spiro atoms. The molecule has 3 heterocycles. The smallest absolute Gasteiger partial charge is 0.135 e. The minimum Gasteiger partial charge on any atom is -0.383 e. The largest absolute Gasteiger partial charge is 0.383 e. The van der Waals surface area contributed by atoms with Gasteiger partial charge in [-0.1, -0.05) is 30.3 Å². The van der Waals surface area contributed by atoms with Gasteiger partial charge in [-0.3, -0.25) is 4.90 Å². The molecule has 0 radical (unpaired) electrons. The van der Waals surface area contributed by atoms with Crippen LogP contribution in [0.15, 0.2) is 35.4 Å². The average Bonchev–Trinajstić information content (AvgIpc) is 2.82. The Bertz CT molecular complexity index is 982. The molecule has 33 heavy (non-hydrogen) atoms. The molecule has 1 aromatic heterocycles. The van der Waals surface area contributed by atoms with Crippen molar-refractivity contribution in [3.05, 3.63) is 52.6 Å². The topological polar surface area (TPSA) is 61.6 Å². The Hall–Kier alpha value is -2.11. The van der Waals surface area contributed by atoms with Crippen LogP contribution in [-0.4, -0.2) is 67.7 Å². The van der Waals surface area contributed by atoms with Crippen molar-refractivity contribution in [2.75, 3.05) is 57.1 Å². The van der Waals surface area contributed by atoms with Crippen molar-refractivity contribution in [3.63, 3.8) is 0 Å². The number of hydrogen-bond acceptors (Lipinski definition) is 7. The molecule has 6 nitrogen and oxygen atoms in total. The van der Waals surface area contributed by atoms with Crippen molar-refractivity contribution in [1.82, 2.24) is 9.88 Å². The van der Waals surface area contributed by atoms with Gasteiger partial charge in [0.2, 0.25) is 0 Å². The SMILES string of the molecule is COCCN1CCN(c2nc(SCCc3ccccc3)c(C#N)c3c2COC(C)(C)C3)CC1. The van der Waals surface area contributed by atoms with Crippen LogP contribution in [0, 0.1) is 11.3 Å². The van der Waals surface area contributed by atoms with Crippen molar-refractivity contribution >= 4 is 17.6 Å². The molecule has 4 rings (SSSR count). The van der Waals surface area contributed by atoms with E-state index >= 15 is 0 Å². The fourth-order valence-electron chi connectivity index (χ4n) is 4.52. The molecule has 1 aromatic carbocycles. The van der Waals surface area contributed by atoms with Gasteiger partial charge in [-0.25, -0.2) is 4.98 Å². The molecule has 0 atom stereocenters. The summed E-state index contributed by atoms with van der Waals surface area (Å²) in [5.74, 6) is 1.90. The minimum atomic E-state index is -0.276. The van der Waals surface area contributed by atoms with Gasteiger partial charge in [0.25, 0.3) is 0 Å². The first-order valence-electron chi connectivity index (χ1n) is 11.7. The first-order valence-corrected chi connectivity index (χ1v) is 12.7. The predicted octanol–water partition coefficient (Wildman–Crippen LogP) is 3.91. The van der Waals surface area contributed by atoms with Gasteiger partial charge < -0.3 is 14.4 Å². The Balaban J connectivity index is 1.59. The lowest BCUT2D eigenvalue weighted by Gasteiger charge is -2.39. The quantitative estimate of drug-likeness (QED) is 0.547. The van der Waals surface area contributed by atoms with Crippen LogP contribution in [0.25, 0.3) is 0 Å². The summed E-state index contributed by atoms with van der Waals surface area (Å²) in [5.41, 5.74) is 4.00. The highest BCUT2D eigenvalue weighted by molar-refractivity contribution is 7.99. The van der Waals surface area contributed by atoms with E-state index < -0.39 is 0 Å². The Morgan fingerprint density at radius 1 is 1.15 bits per heavy atom. The average molecular weight is 467 g/mol. The third-order valence-electron chi connectivity index (χ3n) is 6.43. The van der Waals surface area contributed by atoms with Crippen LogP contribution in [0.3, 0.4) is 0 Å². The summed E-state index contributed by atoms with van der Waals surface area (Å²) in [5, 5.41) is 11.0. The van der Waals surface area contributed by atoms with Crippen LogP contribution in [0.4, 0.5) is 5.82 Å². The molecule has 1 saturated heterocycles. The lowest BCUT2D eigenvalue weighted by molar-refractivity contribution is -0.0402. The summed E-state index contributed by atoms with van der Waals surface area (Å²) in [4.78, 5) is 9.91. The van der Waals surface area contributed by atoms with E-state index in [1.54, 1.807) is 18.9 Å². The number of fused-ring (bicyclic) bond motifs is 1. The van der Waals surface area contributed by atoms with Crippen LogP contribution in [0.2, 0.25) is 0 Å². The Kier molecular flexibility index (Phi) is 7.92. The van der Waals surface area contributed by atoms with E-state index in [1.165, 1.54) is 5.56 Å². The molecule has 0 unspecified atom stereocenters. The second-order valence-electron chi connectivity index (χ2n) is 9.32. The second-order valence-corrected chi connectivity index (χ2v) is 10.4. The Labute approximate surface area is 201 Å². The van der Waals surface area contributed by atoms with E-state index in [9.17, 15) is 5.26 Å². The molecule has 0 amide bonds. The molecule has 0 bridgehead atoms. The highest BCUT2D eigenvalue weighted by atomic mass is 32.2. The number of methoxy groups -OCH3 is 1. The maximum atomic E-state index is 10.1. The van der Waals surface area contributed by atoms with Gasteiger partial charge in [-0.05, 0) is 31.4 Å². The number of anilines is 1. The van der Waals surface area contributed by atoms with Crippen LogP contribution in [0.5, 0.6) is 0 Å². The molecule has 1 fully saturated rings. The summed E-state index contributed by atoms with van der Waals surface area (Å²) in [6.45, 7) is 10.3. The molecule has 2 aliphatic heterocycles. The number of nitrogens with zero attached hydrogens (tertiary/aromatic N) is 4. The molecular weight excluding hydrogens is 432 g/mol. The van der Waals surface area contributed by atoms with Gasteiger partial charge in [0.1, 0.15) is 16.9 Å². The number of benzene rings is 1. The Morgan fingerprint density at radius 3 is 2.61 bits per heavy atom. The normalized spacial score (nSPS) is 18.1. The van der Waals surface area contributed by atoms with Crippen LogP contribution in [-0.2, 0) is 28.9 Å². The standard InChI is InChI=1S/C26H34N4O2S/c1-26(2)17-21-22(18-27)25(33-16-9-20-7-5-4-6-8-20)28-24(23(21)19-32-26)30-12-10-29(11-13-30)14-15-31-3/h4-8H,9-17,19H2,1-3H3. The number of hydrogen-bond donors (Lipinski definition) is 0. The highest BCUT2D eigenvalue weighted by Gasteiger charge is 2.33. The van der Waals surface area contributed by atoms with E-state index in [4.69, 9.17) is 14.5 Å². The summed E-state index contributed by atoms with van der Waals surface area (Å²) in [7, 11) is 1.75. The van der Waals surface area contributed by atoms with Crippen molar-refractivity contribution in [3.8, 4) is 6.07 Å². The fraction of sp³-hybridized carbons (Fsp3) is 0.538. The minimum absolute atomic E-state index is 0.276. The van der Waals surface area contributed by atoms with Gasteiger partial charge in [0.15, 0.2) is 0 Å². The molecule has 176 valence electrons. The van der Waals surface area contributed by atoms with Crippen LogP contribution < -0.4 is 4.90 Å². The molecule has 0 saturated carbocycles. The summed E-state index contributed by atoms with van der Waals surface area (Å²) >= 11 is 1.70.